The van der Waals surface area contributed by atoms with Crippen LogP contribution in [0.25, 0.3) is 0 Å². The molecule has 1 aromatic rings. The zero-order valence-corrected chi connectivity index (χ0v) is 12.4. The van der Waals surface area contributed by atoms with Crippen molar-refractivity contribution in [3.63, 3.8) is 0 Å². The zero-order chi connectivity index (χ0) is 15.3. The van der Waals surface area contributed by atoms with Gasteiger partial charge in [0, 0.05) is 21.5 Å². The molecule has 20 heavy (non-hydrogen) atoms. The first-order chi connectivity index (χ1) is 9.29. The molecule has 0 saturated heterocycles. The topological polar surface area (TPSA) is 104 Å². The molecule has 3 N–H and O–H groups in total. The van der Waals surface area contributed by atoms with Gasteiger partial charge in [0.2, 0.25) is 0 Å². The molecule has 0 saturated carbocycles. The van der Waals surface area contributed by atoms with E-state index in [1.165, 1.54) is 12.1 Å². The van der Waals surface area contributed by atoms with Gasteiger partial charge in [-0.05, 0) is 24.6 Å². The van der Waals surface area contributed by atoms with Crippen molar-refractivity contribution in [1.29, 1.82) is 0 Å². The predicted molar refractivity (Wildman–Crippen MR) is 74.9 cm³/mol. The molecule has 0 aliphatic rings. The lowest BCUT2D eigenvalue weighted by molar-refractivity contribution is -0.140. The van der Waals surface area contributed by atoms with Crippen molar-refractivity contribution >= 4 is 45.4 Å². The average Bonchev–Trinajstić information content (AvgIpc) is 2.32. The van der Waals surface area contributed by atoms with Crippen LogP contribution in [0.1, 0.15) is 23.2 Å². The molecule has 0 aromatic heterocycles. The van der Waals surface area contributed by atoms with E-state index in [0.29, 0.717) is 9.50 Å². The van der Waals surface area contributed by atoms with Crippen molar-refractivity contribution < 1.29 is 24.6 Å². The molecule has 0 fully saturated rings. The van der Waals surface area contributed by atoms with E-state index < -0.39 is 23.9 Å². The van der Waals surface area contributed by atoms with Crippen molar-refractivity contribution in [2.45, 2.75) is 18.9 Å². The summed E-state index contributed by atoms with van der Waals surface area (Å²) in [5.74, 6) is -3.05. The summed E-state index contributed by atoms with van der Waals surface area (Å²) >= 11 is 8.96. The summed E-state index contributed by atoms with van der Waals surface area (Å²) in [6.45, 7) is 0. The number of benzene rings is 1. The molecule has 0 heterocycles. The Morgan fingerprint density at radius 2 is 1.90 bits per heavy atom. The third-order valence-corrected chi connectivity index (χ3v) is 3.05. The Morgan fingerprint density at radius 3 is 2.40 bits per heavy atom. The van der Waals surface area contributed by atoms with Gasteiger partial charge in [0.05, 0.1) is 0 Å². The highest BCUT2D eigenvalue weighted by Gasteiger charge is 2.21. The fraction of sp³-hybridized carbons (Fsp3) is 0.250. The van der Waals surface area contributed by atoms with Gasteiger partial charge in [-0.1, -0.05) is 27.5 Å². The van der Waals surface area contributed by atoms with Crippen LogP contribution in [0.3, 0.4) is 0 Å². The van der Waals surface area contributed by atoms with Gasteiger partial charge in [-0.15, -0.1) is 0 Å². The number of halogens is 2. The Hall–Kier alpha value is -1.60. The van der Waals surface area contributed by atoms with Crippen LogP contribution in [-0.2, 0) is 9.59 Å². The minimum absolute atomic E-state index is 0.186. The summed E-state index contributed by atoms with van der Waals surface area (Å²) in [5.41, 5.74) is 0.186. The molecular formula is C12H11BrClNO5. The first-order valence-corrected chi connectivity index (χ1v) is 6.68. The lowest BCUT2D eigenvalue weighted by Crippen LogP contribution is -2.41. The highest BCUT2D eigenvalue weighted by molar-refractivity contribution is 9.10. The molecular weight excluding hydrogens is 353 g/mol. The average molecular weight is 365 g/mol. The Labute approximate surface area is 127 Å². The number of nitrogens with one attached hydrogen (secondary N) is 1. The van der Waals surface area contributed by atoms with Crippen LogP contribution in [-0.4, -0.2) is 34.1 Å². The largest absolute Gasteiger partial charge is 0.481 e. The van der Waals surface area contributed by atoms with E-state index in [0.717, 1.165) is 0 Å². The normalized spacial score (nSPS) is 11.7. The van der Waals surface area contributed by atoms with Crippen molar-refractivity contribution in [2.75, 3.05) is 0 Å². The van der Waals surface area contributed by atoms with E-state index in [9.17, 15) is 14.4 Å². The molecule has 108 valence electrons. The van der Waals surface area contributed by atoms with E-state index in [1.54, 1.807) is 6.07 Å². The first kappa shape index (κ1) is 16.5. The molecule has 0 aliphatic carbocycles. The maximum absolute atomic E-state index is 11.9. The number of carbonyl (C=O) groups is 3. The number of hydrogen-bond donors (Lipinski definition) is 3. The van der Waals surface area contributed by atoms with Crippen molar-refractivity contribution in [1.82, 2.24) is 5.32 Å². The minimum atomic E-state index is -1.29. The van der Waals surface area contributed by atoms with E-state index in [1.807, 2.05) is 0 Å². The highest BCUT2D eigenvalue weighted by Crippen LogP contribution is 2.19. The standard InChI is InChI=1S/C12H11BrClNO5/c13-7-3-6(4-8(14)5-7)11(18)15-9(12(19)20)1-2-10(16)17/h3-5,9H,1-2H2,(H,15,18)(H,16,17)(H,19,20). The maximum atomic E-state index is 11.9. The Bertz CT molecular complexity index is 528. The van der Waals surface area contributed by atoms with Crippen LogP contribution >= 0.6 is 27.5 Å². The second kappa shape index (κ2) is 7.25. The van der Waals surface area contributed by atoms with Crippen LogP contribution in [0.4, 0.5) is 0 Å². The van der Waals surface area contributed by atoms with Crippen molar-refractivity contribution in [3.8, 4) is 0 Å². The van der Waals surface area contributed by atoms with Crippen LogP contribution in [0.15, 0.2) is 22.7 Å². The highest BCUT2D eigenvalue weighted by atomic mass is 79.9. The molecule has 0 aliphatic heterocycles. The SMILES string of the molecule is O=C(O)CCC(NC(=O)c1cc(Cl)cc(Br)c1)C(=O)O. The van der Waals surface area contributed by atoms with Crippen molar-refractivity contribution in [2.24, 2.45) is 0 Å². The number of rotatable bonds is 6. The number of amides is 1. The summed E-state index contributed by atoms with van der Waals surface area (Å²) in [6.07, 6.45) is -0.547. The molecule has 1 rings (SSSR count). The van der Waals surface area contributed by atoms with Gasteiger partial charge in [0.15, 0.2) is 0 Å². The van der Waals surface area contributed by atoms with Gasteiger partial charge in [-0.25, -0.2) is 4.79 Å². The van der Waals surface area contributed by atoms with Crippen LogP contribution < -0.4 is 5.32 Å². The van der Waals surface area contributed by atoms with Gasteiger partial charge >= 0.3 is 11.9 Å². The number of aliphatic carboxylic acids is 2. The van der Waals surface area contributed by atoms with Gasteiger partial charge in [-0.3, -0.25) is 9.59 Å². The van der Waals surface area contributed by atoms with Gasteiger partial charge in [0.25, 0.3) is 5.91 Å². The third-order valence-electron chi connectivity index (χ3n) is 2.38. The molecule has 6 nitrogen and oxygen atoms in total. The minimum Gasteiger partial charge on any atom is -0.481 e. The molecule has 0 spiro atoms. The summed E-state index contributed by atoms with van der Waals surface area (Å²) in [5, 5.41) is 20.1. The van der Waals surface area contributed by atoms with E-state index in [4.69, 9.17) is 21.8 Å². The molecule has 1 amide bonds. The number of carbonyl (C=O) groups excluding carboxylic acids is 1. The first-order valence-electron chi connectivity index (χ1n) is 5.51. The van der Waals surface area contributed by atoms with Crippen LogP contribution in [0.2, 0.25) is 5.02 Å². The smallest absolute Gasteiger partial charge is 0.326 e. The Morgan fingerprint density at radius 1 is 1.25 bits per heavy atom. The predicted octanol–water partition coefficient (Wildman–Crippen LogP) is 2.15. The quantitative estimate of drug-likeness (QED) is 0.717. The van der Waals surface area contributed by atoms with E-state index in [2.05, 4.69) is 21.2 Å². The molecule has 1 atom stereocenters. The van der Waals surface area contributed by atoms with Crippen LogP contribution in [0, 0.1) is 0 Å². The monoisotopic (exact) mass is 363 g/mol. The fourth-order valence-electron chi connectivity index (χ4n) is 1.45. The molecule has 8 heteroatoms. The van der Waals surface area contributed by atoms with Crippen molar-refractivity contribution in [3.05, 3.63) is 33.3 Å². The lowest BCUT2D eigenvalue weighted by atomic mass is 10.1. The molecule has 0 bridgehead atoms. The second-order valence-electron chi connectivity index (χ2n) is 3.95. The Kier molecular flexibility index (Phi) is 5.97. The molecule has 1 unspecified atom stereocenters. The fourth-order valence-corrected chi connectivity index (χ4v) is 2.31. The molecule has 0 radical (unpaired) electrons. The maximum Gasteiger partial charge on any atom is 0.326 e. The second-order valence-corrected chi connectivity index (χ2v) is 5.31. The van der Waals surface area contributed by atoms with Crippen LogP contribution in [0.5, 0.6) is 0 Å². The number of carboxylic acid groups (broad SMARTS) is 2. The van der Waals surface area contributed by atoms with E-state index >= 15 is 0 Å². The van der Waals surface area contributed by atoms with E-state index in [-0.39, 0.29) is 18.4 Å². The van der Waals surface area contributed by atoms with Gasteiger partial charge in [-0.2, -0.15) is 0 Å². The molecule has 1 aromatic carbocycles. The summed E-state index contributed by atoms with van der Waals surface area (Å²) in [6, 6.07) is 3.18. The zero-order valence-electron chi connectivity index (χ0n) is 10.1. The number of carboxylic acids is 2. The Balaban J connectivity index is 2.79. The summed E-state index contributed by atoms with van der Waals surface area (Å²) < 4.78 is 0.576. The van der Waals surface area contributed by atoms with Gasteiger partial charge < -0.3 is 15.5 Å². The number of hydrogen-bond acceptors (Lipinski definition) is 3. The van der Waals surface area contributed by atoms with Gasteiger partial charge in [0.1, 0.15) is 6.04 Å². The summed E-state index contributed by atoms with van der Waals surface area (Å²) in [7, 11) is 0. The summed E-state index contributed by atoms with van der Waals surface area (Å²) in [4.78, 5) is 33.3. The lowest BCUT2D eigenvalue weighted by Gasteiger charge is -2.13. The third kappa shape index (κ3) is 5.18.